The Hall–Kier alpha value is -2.59. The number of rotatable bonds is 5. The molecule has 10 heteroatoms. The Bertz CT molecular complexity index is 903. The number of aromatic nitrogens is 1. The van der Waals surface area contributed by atoms with E-state index in [-0.39, 0.29) is 25.2 Å². The van der Waals surface area contributed by atoms with Crippen LogP contribution in [0.4, 0.5) is 18.0 Å². The number of alkyl halides is 3. The van der Waals surface area contributed by atoms with Crippen molar-refractivity contribution in [2.45, 2.75) is 57.0 Å². The van der Waals surface area contributed by atoms with Gasteiger partial charge < -0.3 is 10.4 Å². The van der Waals surface area contributed by atoms with Crippen molar-refractivity contribution in [3.63, 3.8) is 0 Å². The lowest BCUT2D eigenvalue weighted by molar-refractivity contribution is -0.287. The summed E-state index contributed by atoms with van der Waals surface area (Å²) >= 11 is 0. The Morgan fingerprint density at radius 2 is 1.93 bits per heavy atom. The van der Waals surface area contributed by atoms with E-state index < -0.39 is 42.8 Å². The number of benzene rings is 1. The van der Waals surface area contributed by atoms with E-state index >= 15 is 0 Å². The van der Waals surface area contributed by atoms with E-state index in [1.54, 1.807) is 18.2 Å². The molecule has 0 saturated heterocycles. The highest BCUT2D eigenvalue weighted by Gasteiger charge is 2.54. The number of carbonyl (C=O) groups excluding carboxylic acids is 2. The summed E-state index contributed by atoms with van der Waals surface area (Å²) < 4.78 is 40.1. The summed E-state index contributed by atoms with van der Waals surface area (Å²) in [4.78, 5) is 33.8. The Kier molecular flexibility index (Phi) is 6.37. The third-order valence-corrected chi connectivity index (χ3v) is 5.40. The van der Waals surface area contributed by atoms with Crippen molar-refractivity contribution in [2.24, 2.45) is 5.92 Å². The van der Waals surface area contributed by atoms with Crippen LogP contribution in [0.15, 0.2) is 36.5 Å². The first kappa shape index (κ1) is 22.1. The zero-order valence-electron chi connectivity index (χ0n) is 16.3. The van der Waals surface area contributed by atoms with Crippen LogP contribution in [0.3, 0.4) is 0 Å². The molecule has 1 aliphatic carbocycles. The molecule has 1 unspecified atom stereocenters. The maximum Gasteiger partial charge on any atom is 0.449 e. The molecule has 0 aliphatic heterocycles. The molecule has 1 aliphatic rings. The van der Waals surface area contributed by atoms with Gasteiger partial charge in [0.05, 0.1) is 5.52 Å². The van der Waals surface area contributed by atoms with E-state index in [4.69, 9.17) is 9.78 Å². The molecule has 0 bridgehead atoms. The molecule has 3 rings (SSSR count). The predicted octanol–water partition coefficient (Wildman–Crippen LogP) is 3.89. The minimum atomic E-state index is -4.68. The number of aliphatic hydroxyl groups is 1. The van der Waals surface area contributed by atoms with Gasteiger partial charge in [-0.2, -0.15) is 18.1 Å². The Balaban J connectivity index is 1.59. The van der Waals surface area contributed by atoms with E-state index in [9.17, 15) is 27.9 Å². The number of fused-ring (bicyclic) bond motifs is 1. The molecule has 1 atom stereocenters. The normalized spacial score (nSPS) is 23.2. The molecular weight excluding hydrogens is 405 g/mol. The maximum atomic E-state index is 13.0. The molecule has 1 aromatic heterocycles. The van der Waals surface area contributed by atoms with Gasteiger partial charge in [0.25, 0.3) is 0 Å². The molecule has 1 saturated carbocycles. The Morgan fingerprint density at radius 1 is 1.27 bits per heavy atom. The fourth-order valence-electron chi connectivity index (χ4n) is 3.71. The average molecular weight is 428 g/mol. The predicted molar refractivity (Wildman–Crippen MR) is 100 cm³/mol. The van der Waals surface area contributed by atoms with Gasteiger partial charge in [-0.15, -0.1) is 0 Å². The maximum absolute atomic E-state index is 13.0. The number of nitrogens with zero attached hydrogens (tertiary/aromatic N) is 1. The zero-order chi connectivity index (χ0) is 21.9. The number of halogens is 3. The first-order valence-electron chi connectivity index (χ1n) is 9.59. The van der Waals surface area contributed by atoms with Crippen LogP contribution < -0.4 is 5.32 Å². The van der Waals surface area contributed by atoms with Crippen LogP contribution in [0.5, 0.6) is 0 Å². The number of amides is 1. The number of carbonyl (C=O) groups is 2. The third kappa shape index (κ3) is 4.93. The van der Waals surface area contributed by atoms with Crippen LogP contribution in [-0.4, -0.2) is 39.7 Å². The summed E-state index contributed by atoms with van der Waals surface area (Å²) in [7, 11) is 0. The molecule has 2 N–H and O–H groups in total. The number of nitrogens with one attached hydrogen (secondary N) is 1. The summed E-state index contributed by atoms with van der Waals surface area (Å²) in [6, 6.07) is 8.87. The van der Waals surface area contributed by atoms with Crippen molar-refractivity contribution < 1.29 is 37.6 Å². The highest BCUT2D eigenvalue weighted by atomic mass is 19.4. The summed E-state index contributed by atoms with van der Waals surface area (Å²) in [5, 5.41) is 13.1. The van der Waals surface area contributed by atoms with E-state index in [2.05, 4.69) is 5.32 Å². The first-order valence-corrected chi connectivity index (χ1v) is 9.59. The van der Waals surface area contributed by atoms with Crippen LogP contribution >= 0.6 is 0 Å². The lowest BCUT2D eigenvalue weighted by Crippen LogP contribution is -2.48. The van der Waals surface area contributed by atoms with Crippen LogP contribution in [-0.2, 0) is 14.6 Å². The summed E-state index contributed by atoms with van der Waals surface area (Å²) in [6.45, 7) is 1.25. The molecule has 1 fully saturated rings. The largest absolute Gasteiger partial charge is 0.449 e. The van der Waals surface area contributed by atoms with Crippen molar-refractivity contribution in [3.8, 4) is 0 Å². The van der Waals surface area contributed by atoms with Crippen molar-refractivity contribution in [1.29, 1.82) is 0 Å². The van der Waals surface area contributed by atoms with E-state index in [1.807, 2.05) is 12.1 Å². The van der Waals surface area contributed by atoms with E-state index in [1.165, 1.54) is 17.7 Å². The molecule has 2 aromatic rings. The molecule has 0 radical (unpaired) electrons. The smallest absolute Gasteiger partial charge is 0.380 e. The molecule has 1 heterocycles. The number of hydrogen-bond donors (Lipinski definition) is 2. The second-order valence-corrected chi connectivity index (χ2v) is 7.59. The van der Waals surface area contributed by atoms with Gasteiger partial charge in [0.2, 0.25) is 5.91 Å². The second-order valence-electron chi connectivity index (χ2n) is 7.59. The molecule has 164 valence electrons. The molecule has 7 nitrogen and oxygen atoms in total. The highest BCUT2D eigenvalue weighted by molar-refractivity contribution is 5.89. The highest BCUT2D eigenvalue weighted by Crippen LogP contribution is 2.44. The minimum absolute atomic E-state index is 0.103. The van der Waals surface area contributed by atoms with Gasteiger partial charge in [-0.05, 0) is 50.2 Å². The molecule has 1 aromatic carbocycles. The van der Waals surface area contributed by atoms with Gasteiger partial charge in [0, 0.05) is 18.5 Å². The number of hydrogen-bond acceptors (Lipinski definition) is 5. The first-order chi connectivity index (χ1) is 14.1. The SMILES string of the molecule is CC(=O)NC(CC1CCC(O)(C(F)(F)F)CC1)OOC(=O)n1ccc2ccccc21. The lowest BCUT2D eigenvalue weighted by Gasteiger charge is -2.37. The van der Waals surface area contributed by atoms with E-state index in [0.29, 0.717) is 5.52 Å². The van der Waals surface area contributed by atoms with Crippen molar-refractivity contribution in [1.82, 2.24) is 9.88 Å². The van der Waals surface area contributed by atoms with Gasteiger partial charge in [0.15, 0.2) is 11.8 Å². The summed E-state index contributed by atoms with van der Waals surface area (Å²) in [5.41, 5.74) is -2.07. The molecular formula is C20H23F3N2O5. The van der Waals surface area contributed by atoms with Crippen molar-refractivity contribution in [3.05, 3.63) is 36.5 Å². The number of para-hydroxylation sites is 1. The van der Waals surface area contributed by atoms with Crippen LogP contribution in [0.2, 0.25) is 0 Å². The standard InChI is InChI=1S/C20H23F3N2O5/c1-13(26)24-17(12-14-6-9-19(28,10-7-14)20(21,22)23)29-30-18(27)25-11-8-15-4-2-3-5-16(15)25/h2-5,8,11,14,17,28H,6-7,9-10,12H2,1H3,(H,24,26). The zero-order valence-corrected chi connectivity index (χ0v) is 16.3. The molecule has 0 spiro atoms. The third-order valence-electron chi connectivity index (χ3n) is 5.40. The van der Waals surface area contributed by atoms with Crippen LogP contribution in [0.25, 0.3) is 10.9 Å². The van der Waals surface area contributed by atoms with E-state index in [0.717, 1.165) is 5.39 Å². The second kappa shape index (κ2) is 8.65. The topological polar surface area (TPSA) is 89.8 Å². The summed E-state index contributed by atoms with van der Waals surface area (Å²) in [6.07, 6.45) is -5.50. The fraction of sp³-hybridized carbons (Fsp3) is 0.500. The monoisotopic (exact) mass is 428 g/mol. The van der Waals surface area contributed by atoms with Gasteiger partial charge in [0.1, 0.15) is 0 Å². The van der Waals surface area contributed by atoms with Crippen LogP contribution in [0.1, 0.15) is 39.0 Å². The lowest BCUT2D eigenvalue weighted by atomic mass is 9.77. The van der Waals surface area contributed by atoms with Gasteiger partial charge in [-0.1, -0.05) is 18.2 Å². The summed E-state index contributed by atoms with van der Waals surface area (Å²) in [5.74, 6) is -0.680. The average Bonchev–Trinajstić information content (AvgIpc) is 3.11. The van der Waals surface area contributed by atoms with Crippen LogP contribution in [0, 0.1) is 5.92 Å². The molecule has 30 heavy (non-hydrogen) atoms. The minimum Gasteiger partial charge on any atom is -0.380 e. The van der Waals surface area contributed by atoms with Crippen molar-refractivity contribution >= 4 is 22.9 Å². The Labute approximate surface area is 170 Å². The van der Waals surface area contributed by atoms with Gasteiger partial charge in [-0.3, -0.25) is 14.2 Å². The quantitative estimate of drug-likeness (QED) is 0.428. The molecule has 1 amide bonds. The fourth-order valence-corrected chi connectivity index (χ4v) is 3.71. The van der Waals surface area contributed by atoms with Gasteiger partial charge >= 0.3 is 12.3 Å². The van der Waals surface area contributed by atoms with Gasteiger partial charge in [-0.25, -0.2) is 4.79 Å². The Morgan fingerprint density at radius 3 is 2.57 bits per heavy atom. The van der Waals surface area contributed by atoms with Crippen molar-refractivity contribution in [2.75, 3.05) is 0 Å².